The molecule has 16 nitrogen and oxygen atoms in total. The Labute approximate surface area is 381 Å². The number of amides is 1. The van der Waals surface area contributed by atoms with E-state index in [9.17, 15) is 39.0 Å². The molecule has 0 aromatic heterocycles. The Hall–Kier alpha value is -6.23. The largest absolute Gasteiger partial charge is 0.455 e. The number of carbonyl (C=O) groups excluding carboxylic acids is 7. The number of rotatable bonds is 12. The average Bonchev–Trinajstić information content (AvgIpc) is 3.28. The van der Waals surface area contributed by atoms with Gasteiger partial charge in [-0.15, -0.1) is 0 Å². The van der Waals surface area contributed by atoms with E-state index < -0.39 is 119 Å². The van der Waals surface area contributed by atoms with Crippen molar-refractivity contribution in [3.05, 3.63) is 119 Å². The van der Waals surface area contributed by atoms with Gasteiger partial charge in [0.1, 0.15) is 30.0 Å². The molecule has 3 fully saturated rings. The first-order valence-electron chi connectivity index (χ1n) is 21.9. The van der Waals surface area contributed by atoms with Gasteiger partial charge >= 0.3 is 29.8 Å². The van der Waals surface area contributed by atoms with Crippen LogP contribution in [0.25, 0.3) is 0 Å². The molecule has 4 aliphatic rings. The van der Waals surface area contributed by atoms with Crippen molar-refractivity contribution in [1.29, 1.82) is 0 Å². The summed E-state index contributed by atoms with van der Waals surface area (Å²) in [5, 5.41) is 28.8. The topological polar surface area (TPSA) is 227 Å². The van der Waals surface area contributed by atoms with Crippen molar-refractivity contribution in [2.45, 2.75) is 122 Å². The first kappa shape index (κ1) is 47.7. The molecule has 3 aromatic rings. The molecular formula is C50H55NO15. The number of hydrogen-bond acceptors (Lipinski definition) is 15. The van der Waals surface area contributed by atoms with Gasteiger partial charge in [0.05, 0.1) is 29.6 Å². The average molecular weight is 910 g/mol. The molecule has 16 heteroatoms. The van der Waals surface area contributed by atoms with E-state index in [1.807, 2.05) is 0 Å². The fourth-order valence-electron chi connectivity index (χ4n) is 10.5. The quantitative estimate of drug-likeness (QED) is 0.127. The summed E-state index contributed by atoms with van der Waals surface area (Å²) in [5.41, 5.74) is -7.19. The molecule has 7 rings (SSSR count). The molecule has 0 spiro atoms. The van der Waals surface area contributed by atoms with Gasteiger partial charge < -0.3 is 44.0 Å². The van der Waals surface area contributed by atoms with Gasteiger partial charge in [0.2, 0.25) is 6.10 Å². The molecule has 2 saturated carbocycles. The van der Waals surface area contributed by atoms with Crippen molar-refractivity contribution in [3.8, 4) is 0 Å². The number of ketones is 1. The zero-order valence-corrected chi connectivity index (χ0v) is 37.8. The Morgan fingerprint density at radius 1 is 0.833 bits per heavy atom. The van der Waals surface area contributed by atoms with E-state index in [1.54, 1.807) is 92.7 Å². The van der Waals surface area contributed by atoms with Gasteiger partial charge in [-0.2, -0.15) is 0 Å². The van der Waals surface area contributed by atoms with E-state index in [4.69, 9.17) is 28.4 Å². The standard InChI is InChI=1S/C50H55NO15/c1-8-36(55)64-40(38(30-18-12-9-13-19-30)51-44(57)31-20-14-10-15-21-31)46(59)63-33-25-50(60)43(65-45(58)32-22-16-11-17-23-32)41-48(7,34(54)24-35-49(41,26-61-35)66-29(4)53)42(56)39(62-28(3)52)37(27(33)2)47(50,5)6/h9-23,33-35,38-41,43,54,60H,8,24-26H2,1-7H3,(H,51,57). The lowest BCUT2D eigenvalue weighted by molar-refractivity contribution is -0.346. The van der Waals surface area contributed by atoms with Crippen LogP contribution >= 0.6 is 0 Å². The third-order valence-corrected chi connectivity index (χ3v) is 14.0. The maximum atomic E-state index is 15.6. The zero-order chi connectivity index (χ0) is 47.9. The highest BCUT2D eigenvalue weighted by Crippen LogP contribution is 2.64. The minimum atomic E-state index is -2.43. The summed E-state index contributed by atoms with van der Waals surface area (Å²) in [5.74, 6) is -7.68. The molecular weight excluding hydrogens is 855 g/mol. The molecule has 1 amide bonds. The van der Waals surface area contributed by atoms with Crippen LogP contribution in [0.3, 0.4) is 0 Å². The normalized spacial score (nSPS) is 30.5. The van der Waals surface area contributed by atoms with Crippen LogP contribution in [0.5, 0.6) is 0 Å². The minimum absolute atomic E-state index is 0.0190. The highest BCUT2D eigenvalue weighted by Gasteiger charge is 2.78. The number of fused-ring (bicyclic) bond motifs is 5. The maximum Gasteiger partial charge on any atom is 0.350 e. The second-order valence-electron chi connectivity index (χ2n) is 18.2. The van der Waals surface area contributed by atoms with Gasteiger partial charge in [-0.1, -0.05) is 87.5 Å². The van der Waals surface area contributed by atoms with Crippen LogP contribution in [0.2, 0.25) is 0 Å². The second-order valence-corrected chi connectivity index (χ2v) is 18.2. The summed E-state index contributed by atoms with van der Waals surface area (Å²) in [7, 11) is 0. The third kappa shape index (κ3) is 8.19. The molecule has 1 heterocycles. The number of esters is 5. The van der Waals surface area contributed by atoms with Gasteiger partial charge in [0, 0.05) is 44.1 Å². The molecule has 11 atom stereocenters. The van der Waals surface area contributed by atoms with Gasteiger partial charge in [0.25, 0.3) is 5.91 Å². The molecule has 3 N–H and O–H groups in total. The van der Waals surface area contributed by atoms with E-state index in [0.29, 0.717) is 5.56 Å². The van der Waals surface area contributed by atoms with Gasteiger partial charge in [-0.25, -0.2) is 9.59 Å². The molecule has 3 aliphatic carbocycles. The monoisotopic (exact) mass is 909 g/mol. The minimum Gasteiger partial charge on any atom is -0.455 e. The Kier molecular flexibility index (Phi) is 13.2. The molecule has 1 aliphatic heterocycles. The summed E-state index contributed by atoms with van der Waals surface area (Å²) in [4.78, 5) is 98.0. The molecule has 11 unspecified atom stereocenters. The summed E-state index contributed by atoms with van der Waals surface area (Å²) in [6, 6.07) is 23.0. The predicted octanol–water partition coefficient (Wildman–Crippen LogP) is 4.70. The van der Waals surface area contributed by atoms with Crippen LogP contribution < -0.4 is 5.32 Å². The van der Waals surface area contributed by atoms with Crippen LogP contribution in [-0.4, -0.2) is 106 Å². The van der Waals surface area contributed by atoms with E-state index >= 15 is 4.79 Å². The Morgan fingerprint density at radius 2 is 1.42 bits per heavy atom. The van der Waals surface area contributed by atoms with Crippen molar-refractivity contribution in [2.24, 2.45) is 16.7 Å². The van der Waals surface area contributed by atoms with Crippen molar-refractivity contribution >= 4 is 41.5 Å². The van der Waals surface area contributed by atoms with E-state index in [2.05, 4.69) is 5.32 Å². The number of Topliss-reactive ketones (excluding diaryl/α,β-unsaturated/α-hetero) is 1. The summed E-state index contributed by atoms with van der Waals surface area (Å²) >= 11 is 0. The number of hydrogen-bond donors (Lipinski definition) is 3. The number of aliphatic hydroxyl groups excluding tert-OH is 1. The van der Waals surface area contributed by atoms with Crippen LogP contribution in [-0.2, 0) is 52.4 Å². The Morgan fingerprint density at radius 3 is 1.97 bits per heavy atom. The molecule has 2 bridgehead atoms. The lowest BCUT2D eigenvalue weighted by atomic mass is 9.44. The lowest BCUT2D eigenvalue weighted by Crippen LogP contribution is -2.82. The number of carbonyl (C=O) groups is 7. The SMILES string of the molecule is CCC(=O)OC(C(=O)OC1CC2(O)C(OC(=O)c3ccccc3)C3C4(OC(C)=O)COC4CC(O)C3(C)C(=O)C(OC(C)=O)C(=C1C)C2(C)C)C(NC(=O)c1ccccc1)c1ccccc1. The first-order valence-corrected chi connectivity index (χ1v) is 21.9. The molecule has 1 saturated heterocycles. The smallest absolute Gasteiger partial charge is 0.350 e. The third-order valence-electron chi connectivity index (χ3n) is 14.0. The fraction of sp³-hybridized carbons (Fsp3) is 0.460. The first-order chi connectivity index (χ1) is 31.2. The molecule has 350 valence electrons. The van der Waals surface area contributed by atoms with E-state index in [1.165, 1.54) is 32.9 Å². The Bertz CT molecular complexity index is 2420. The fourth-order valence-corrected chi connectivity index (χ4v) is 10.5. The van der Waals surface area contributed by atoms with Crippen molar-refractivity contribution < 1.29 is 72.2 Å². The van der Waals surface area contributed by atoms with Crippen LogP contribution in [0.4, 0.5) is 0 Å². The summed E-state index contributed by atoms with van der Waals surface area (Å²) in [6.45, 7) is 9.46. The number of ether oxygens (including phenoxy) is 6. The predicted molar refractivity (Wildman–Crippen MR) is 232 cm³/mol. The van der Waals surface area contributed by atoms with Gasteiger partial charge in [0.15, 0.2) is 17.5 Å². The zero-order valence-electron chi connectivity index (χ0n) is 37.8. The van der Waals surface area contributed by atoms with E-state index in [0.717, 1.165) is 13.8 Å². The maximum absolute atomic E-state index is 15.6. The van der Waals surface area contributed by atoms with Crippen LogP contribution in [0, 0.1) is 16.7 Å². The van der Waals surface area contributed by atoms with Crippen molar-refractivity contribution in [1.82, 2.24) is 5.32 Å². The highest BCUT2D eigenvalue weighted by atomic mass is 16.6. The Balaban J connectivity index is 1.42. The van der Waals surface area contributed by atoms with Crippen molar-refractivity contribution in [2.75, 3.05) is 6.61 Å². The molecule has 3 aromatic carbocycles. The summed E-state index contributed by atoms with van der Waals surface area (Å²) < 4.78 is 36.4. The van der Waals surface area contributed by atoms with Crippen molar-refractivity contribution in [3.63, 3.8) is 0 Å². The van der Waals surface area contributed by atoms with Gasteiger partial charge in [-0.05, 0) is 54.8 Å². The second kappa shape index (κ2) is 18.2. The summed E-state index contributed by atoms with van der Waals surface area (Å²) in [6.07, 6.45) is -10.7. The van der Waals surface area contributed by atoms with E-state index in [-0.39, 0.29) is 41.7 Å². The van der Waals surface area contributed by atoms with Gasteiger partial charge in [-0.3, -0.25) is 24.0 Å². The van der Waals surface area contributed by atoms with Crippen LogP contribution in [0.15, 0.2) is 102 Å². The highest BCUT2D eigenvalue weighted by molar-refractivity contribution is 5.96. The number of benzene rings is 3. The number of aliphatic hydroxyl groups is 2. The molecule has 66 heavy (non-hydrogen) atoms. The molecule has 0 radical (unpaired) electrons. The number of nitrogens with one attached hydrogen (secondary N) is 1. The van der Waals surface area contributed by atoms with Crippen LogP contribution in [0.1, 0.15) is 100 Å². The lowest BCUT2D eigenvalue weighted by Gasteiger charge is -2.67.